The van der Waals surface area contributed by atoms with E-state index < -0.39 is 18.1 Å². The number of hydrogen-bond donors (Lipinski definition) is 4. The van der Waals surface area contributed by atoms with Gasteiger partial charge >= 0.3 is 6.03 Å². The van der Waals surface area contributed by atoms with E-state index in [1.54, 1.807) is 0 Å². The molecule has 1 heterocycles. The molecule has 0 spiro atoms. The molecular formula is C9H21N5O2. The van der Waals surface area contributed by atoms with Crippen molar-refractivity contribution < 1.29 is 9.59 Å². The molecule has 0 aromatic rings. The molecule has 5 N–H and O–H groups in total. The normalized spacial score (nSPS) is 18.9. The Morgan fingerprint density at radius 2 is 2.06 bits per heavy atom. The SMILES string of the molecule is CC.CNCCCN(N)C1NC(=O)NC1=O. The minimum atomic E-state index is -0.737. The number of carbonyl (C=O) groups is 2. The van der Waals surface area contributed by atoms with Crippen molar-refractivity contribution in [2.24, 2.45) is 5.84 Å². The number of amides is 3. The van der Waals surface area contributed by atoms with Gasteiger partial charge in [0.1, 0.15) is 0 Å². The third-order valence-electron chi connectivity index (χ3n) is 1.93. The van der Waals surface area contributed by atoms with Crippen molar-refractivity contribution in [3.63, 3.8) is 0 Å². The second-order valence-electron chi connectivity index (χ2n) is 3.06. The van der Waals surface area contributed by atoms with Crippen molar-refractivity contribution in [1.29, 1.82) is 0 Å². The number of nitrogens with two attached hydrogens (primary N) is 1. The molecule has 1 fully saturated rings. The van der Waals surface area contributed by atoms with Gasteiger partial charge in [0, 0.05) is 6.54 Å². The molecule has 0 aliphatic carbocycles. The Morgan fingerprint density at radius 1 is 1.44 bits per heavy atom. The zero-order chi connectivity index (χ0) is 12.6. The van der Waals surface area contributed by atoms with Crippen LogP contribution in [0, 0.1) is 0 Å². The van der Waals surface area contributed by atoms with Crippen LogP contribution in [0.25, 0.3) is 0 Å². The van der Waals surface area contributed by atoms with Crippen LogP contribution in [0.3, 0.4) is 0 Å². The highest BCUT2D eigenvalue weighted by atomic mass is 16.2. The molecule has 1 rings (SSSR count). The highest BCUT2D eigenvalue weighted by molar-refractivity contribution is 6.03. The Hall–Kier alpha value is -1.18. The zero-order valence-electron chi connectivity index (χ0n) is 10.0. The highest BCUT2D eigenvalue weighted by Gasteiger charge is 2.32. The van der Waals surface area contributed by atoms with Crippen molar-refractivity contribution in [2.45, 2.75) is 26.4 Å². The Labute approximate surface area is 95.7 Å². The van der Waals surface area contributed by atoms with Crippen LogP contribution in [0.15, 0.2) is 0 Å². The lowest BCUT2D eigenvalue weighted by Crippen LogP contribution is -2.51. The van der Waals surface area contributed by atoms with E-state index in [-0.39, 0.29) is 0 Å². The summed E-state index contributed by atoms with van der Waals surface area (Å²) >= 11 is 0. The quantitative estimate of drug-likeness (QED) is 0.210. The molecule has 1 aliphatic rings. The molecule has 0 aromatic heterocycles. The van der Waals surface area contributed by atoms with Crippen LogP contribution in [-0.4, -0.2) is 43.3 Å². The van der Waals surface area contributed by atoms with Crippen LogP contribution in [0.2, 0.25) is 0 Å². The van der Waals surface area contributed by atoms with Crippen LogP contribution in [0.5, 0.6) is 0 Å². The van der Waals surface area contributed by atoms with E-state index in [1.165, 1.54) is 5.01 Å². The van der Waals surface area contributed by atoms with Gasteiger partial charge < -0.3 is 10.6 Å². The number of nitrogens with zero attached hydrogens (tertiary/aromatic N) is 1. The van der Waals surface area contributed by atoms with E-state index in [0.717, 1.165) is 13.0 Å². The Bertz CT molecular complexity index is 234. The van der Waals surface area contributed by atoms with E-state index in [1.807, 2.05) is 20.9 Å². The zero-order valence-corrected chi connectivity index (χ0v) is 10.0. The third-order valence-corrected chi connectivity index (χ3v) is 1.93. The molecule has 1 aliphatic heterocycles. The lowest BCUT2D eigenvalue weighted by Gasteiger charge is -2.20. The van der Waals surface area contributed by atoms with Crippen molar-refractivity contribution >= 4 is 11.9 Å². The van der Waals surface area contributed by atoms with Crippen molar-refractivity contribution in [3.05, 3.63) is 0 Å². The van der Waals surface area contributed by atoms with E-state index in [9.17, 15) is 9.59 Å². The predicted octanol–water partition coefficient (Wildman–Crippen LogP) is -1.04. The maximum atomic E-state index is 11.1. The molecule has 0 saturated carbocycles. The first kappa shape index (κ1) is 14.8. The fraction of sp³-hybridized carbons (Fsp3) is 0.778. The second-order valence-corrected chi connectivity index (χ2v) is 3.06. The molecule has 7 heteroatoms. The van der Waals surface area contributed by atoms with E-state index in [4.69, 9.17) is 5.84 Å². The summed E-state index contributed by atoms with van der Waals surface area (Å²) in [5.41, 5.74) is 0. The molecule has 1 atom stereocenters. The number of hydrazine groups is 1. The Morgan fingerprint density at radius 3 is 2.50 bits per heavy atom. The average Bonchev–Trinajstić information content (AvgIpc) is 2.61. The third kappa shape index (κ3) is 4.56. The molecular weight excluding hydrogens is 210 g/mol. The number of hydrogen-bond acceptors (Lipinski definition) is 5. The van der Waals surface area contributed by atoms with Gasteiger partial charge in [0.05, 0.1) is 0 Å². The molecule has 94 valence electrons. The molecule has 7 nitrogen and oxygen atoms in total. The fourth-order valence-electron chi connectivity index (χ4n) is 1.21. The number of urea groups is 1. The summed E-state index contributed by atoms with van der Waals surface area (Å²) in [5.74, 6) is 5.20. The standard InChI is InChI=1S/C7H15N5O2.C2H6/c1-9-3-2-4-12(8)5-6(13)11-7(14)10-5;1-2/h5,9H,2-4,8H2,1H3,(H2,10,11,13,14);1-2H3. The van der Waals surface area contributed by atoms with Gasteiger partial charge in [0.25, 0.3) is 5.91 Å². The van der Waals surface area contributed by atoms with Crippen molar-refractivity contribution in [1.82, 2.24) is 21.0 Å². The minimum absolute atomic E-state index is 0.401. The monoisotopic (exact) mass is 231 g/mol. The van der Waals surface area contributed by atoms with Gasteiger partial charge in [-0.2, -0.15) is 0 Å². The van der Waals surface area contributed by atoms with Crippen LogP contribution in [0.1, 0.15) is 20.3 Å². The van der Waals surface area contributed by atoms with Gasteiger partial charge in [-0.1, -0.05) is 13.8 Å². The van der Waals surface area contributed by atoms with Crippen molar-refractivity contribution in [3.8, 4) is 0 Å². The summed E-state index contributed by atoms with van der Waals surface area (Å²) in [6, 6.07) is -0.496. The number of rotatable bonds is 5. The molecule has 1 saturated heterocycles. The topological polar surface area (TPSA) is 99.5 Å². The highest BCUT2D eigenvalue weighted by Crippen LogP contribution is 1.97. The van der Waals surface area contributed by atoms with Crippen LogP contribution < -0.4 is 21.8 Å². The van der Waals surface area contributed by atoms with Gasteiger partial charge in [0.15, 0.2) is 6.17 Å². The Balaban J connectivity index is 0.00000106. The molecule has 0 aromatic carbocycles. The van der Waals surface area contributed by atoms with Gasteiger partial charge in [-0.15, -0.1) is 0 Å². The van der Waals surface area contributed by atoms with E-state index >= 15 is 0 Å². The molecule has 16 heavy (non-hydrogen) atoms. The van der Waals surface area contributed by atoms with Gasteiger partial charge in [-0.25, -0.2) is 9.80 Å². The van der Waals surface area contributed by atoms with Crippen LogP contribution in [-0.2, 0) is 4.79 Å². The first-order valence-corrected chi connectivity index (χ1v) is 5.42. The predicted molar refractivity (Wildman–Crippen MR) is 61.2 cm³/mol. The number of carbonyl (C=O) groups excluding carboxylic acids is 2. The molecule has 0 bridgehead atoms. The molecule has 1 unspecified atom stereocenters. The molecule has 0 radical (unpaired) electrons. The Kier molecular flexibility index (Phi) is 7.44. The van der Waals surface area contributed by atoms with Gasteiger partial charge in [-0.3, -0.25) is 16.0 Å². The lowest BCUT2D eigenvalue weighted by atomic mass is 10.3. The largest absolute Gasteiger partial charge is 0.323 e. The van der Waals surface area contributed by atoms with Crippen molar-refractivity contribution in [2.75, 3.05) is 20.1 Å². The first-order valence-electron chi connectivity index (χ1n) is 5.42. The summed E-state index contributed by atoms with van der Waals surface area (Å²) in [4.78, 5) is 21.9. The summed E-state index contributed by atoms with van der Waals surface area (Å²) < 4.78 is 0. The van der Waals surface area contributed by atoms with Crippen LogP contribution in [0.4, 0.5) is 4.79 Å². The van der Waals surface area contributed by atoms with E-state index in [2.05, 4.69) is 16.0 Å². The first-order chi connectivity index (χ1) is 7.65. The smallest absolute Gasteiger partial charge is 0.320 e. The summed E-state index contributed by atoms with van der Waals surface area (Å²) in [6.45, 7) is 5.36. The lowest BCUT2D eigenvalue weighted by molar-refractivity contribution is -0.124. The minimum Gasteiger partial charge on any atom is -0.320 e. The maximum Gasteiger partial charge on any atom is 0.323 e. The fourth-order valence-corrected chi connectivity index (χ4v) is 1.21. The molecule has 3 amide bonds. The maximum absolute atomic E-state index is 11.1. The number of imide groups is 1. The number of nitrogens with one attached hydrogen (secondary N) is 3. The van der Waals surface area contributed by atoms with Gasteiger partial charge in [0.2, 0.25) is 0 Å². The second kappa shape index (κ2) is 8.03. The summed E-state index contributed by atoms with van der Waals surface area (Å²) in [6.07, 6.45) is 0.0754. The van der Waals surface area contributed by atoms with Gasteiger partial charge in [-0.05, 0) is 20.0 Å². The van der Waals surface area contributed by atoms with Crippen LogP contribution >= 0.6 is 0 Å². The van der Waals surface area contributed by atoms with E-state index in [0.29, 0.717) is 6.54 Å². The average molecular weight is 231 g/mol. The summed E-state index contributed by atoms with van der Waals surface area (Å²) in [5, 5.41) is 8.80. The summed E-state index contributed by atoms with van der Waals surface area (Å²) in [7, 11) is 1.84.